The predicted molar refractivity (Wildman–Crippen MR) is 75.9 cm³/mol. The number of hydrogen-bond donors (Lipinski definition) is 1. The molecule has 0 bridgehead atoms. The van der Waals surface area contributed by atoms with Crippen LogP contribution in [0.2, 0.25) is 0 Å². The lowest BCUT2D eigenvalue weighted by Gasteiger charge is -2.34. The first-order valence-electron chi connectivity index (χ1n) is 7.29. The standard InChI is InChI=1S/C14H26N4O/c1-4-12-8-13(18(5-2)16-12)9-17-6-7-19-14(10-17)11(3)15/h8,11,14H,4-7,9-10,15H2,1-3H3. The van der Waals surface area contributed by atoms with Gasteiger partial charge in [0.25, 0.3) is 0 Å². The van der Waals surface area contributed by atoms with E-state index in [4.69, 9.17) is 10.5 Å². The van der Waals surface area contributed by atoms with Gasteiger partial charge in [-0.2, -0.15) is 5.10 Å². The quantitative estimate of drug-likeness (QED) is 0.864. The molecule has 5 heteroatoms. The zero-order valence-electron chi connectivity index (χ0n) is 12.3. The molecular weight excluding hydrogens is 240 g/mol. The van der Waals surface area contributed by atoms with Crippen LogP contribution in [0.4, 0.5) is 0 Å². The summed E-state index contributed by atoms with van der Waals surface area (Å²) in [6.07, 6.45) is 1.14. The normalized spacial score (nSPS) is 22.6. The fourth-order valence-corrected chi connectivity index (χ4v) is 2.51. The molecule has 2 rings (SSSR count). The third-order valence-corrected chi connectivity index (χ3v) is 3.73. The zero-order valence-corrected chi connectivity index (χ0v) is 12.3. The van der Waals surface area contributed by atoms with Crippen molar-refractivity contribution in [2.45, 2.75) is 52.4 Å². The highest BCUT2D eigenvalue weighted by Crippen LogP contribution is 2.13. The summed E-state index contributed by atoms with van der Waals surface area (Å²) in [5, 5.41) is 4.60. The fraction of sp³-hybridized carbons (Fsp3) is 0.786. The van der Waals surface area contributed by atoms with Crippen molar-refractivity contribution >= 4 is 0 Å². The molecule has 1 fully saturated rings. The van der Waals surface area contributed by atoms with Gasteiger partial charge >= 0.3 is 0 Å². The minimum absolute atomic E-state index is 0.0880. The zero-order chi connectivity index (χ0) is 13.8. The molecule has 2 unspecified atom stereocenters. The number of aromatic nitrogens is 2. The molecular formula is C14H26N4O. The maximum Gasteiger partial charge on any atom is 0.0850 e. The average molecular weight is 266 g/mol. The van der Waals surface area contributed by atoms with Crippen molar-refractivity contribution in [2.24, 2.45) is 5.73 Å². The second kappa shape index (κ2) is 6.50. The Labute approximate surface area is 115 Å². The van der Waals surface area contributed by atoms with Crippen molar-refractivity contribution in [3.05, 3.63) is 17.5 Å². The summed E-state index contributed by atoms with van der Waals surface area (Å²) in [4.78, 5) is 2.42. The Bertz CT molecular complexity index is 402. The van der Waals surface area contributed by atoms with E-state index >= 15 is 0 Å². The first kappa shape index (κ1) is 14.5. The highest BCUT2D eigenvalue weighted by Gasteiger charge is 2.24. The van der Waals surface area contributed by atoms with Gasteiger partial charge in [-0.1, -0.05) is 6.92 Å². The number of nitrogens with zero attached hydrogens (tertiary/aromatic N) is 3. The minimum Gasteiger partial charge on any atom is -0.374 e. The van der Waals surface area contributed by atoms with E-state index in [1.54, 1.807) is 0 Å². The lowest BCUT2D eigenvalue weighted by molar-refractivity contribution is -0.0410. The smallest absolute Gasteiger partial charge is 0.0850 e. The highest BCUT2D eigenvalue weighted by molar-refractivity contribution is 5.10. The van der Waals surface area contributed by atoms with Gasteiger partial charge < -0.3 is 10.5 Å². The van der Waals surface area contributed by atoms with Crippen molar-refractivity contribution in [3.8, 4) is 0 Å². The summed E-state index contributed by atoms with van der Waals surface area (Å²) in [5.74, 6) is 0. The summed E-state index contributed by atoms with van der Waals surface area (Å²) in [6, 6.07) is 2.31. The van der Waals surface area contributed by atoms with Crippen molar-refractivity contribution in [1.29, 1.82) is 0 Å². The molecule has 0 aliphatic carbocycles. The van der Waals surface area contributed by atoms with Crippen LogP contribution >= 0.6 is 0 Å². The second-order valence-corrected chi connectivity index (χ2v) is 5.30. The summed E-state index contributed by atoms with van der Waals surface area (Å²) in [6.45, 7) is 10.8. The number of ether oxygens (including phenoxy) is 1. The number of aryl methyl sites for hydroxylation is 2. The molecule has 1 aromatic heterocycles. The van der Waals surface area contributed by atoms with E-state index < -0.39 is 0 Å². The lowest BCUT2D eigenvalue weighted by Crippen LogP contribution is -2.49. The maximum absolute atomic E-state index is 5.94. The van der Waals surface area contributed by atoms with Gasteiger partial charge in [0.15, 0.2) is 0 Å². The van der Waals surface area contributed by atoms with Crippen molar-refractivity contribution < 1.29 is 4.74 Å². The molecule has 2 atom stereocenters. The van der Waals surface area contributed by atoms with E-state index in [0.717, 1.165) is 39.2 Å². The molecule has 1 aliphatic heterocycles. The molecule has 1 aliphatic rings. The van der Waals surface area contributed by atoms with Crippen molar-refractivity contribution in [3.63, 3.8) is 0 Å². The van der Waals surface area contributed by atoms with Crippen molar-refractivity contribution in [1.82, 2.24) is 14.7 Å². The molecule has 5 nitrogen and oxygen atoms in total. The largest absolute Gasteiger partial charge is 0.374 e. The number of nitrogens with two attached hydrogens (primary N) is 1. The second-order valence-electron chi connectivity index (χ2n) is 5.30. The summed E-state index contributed by atoms with van der Waals surface area (Å²) in [5.41, 5.74) is 8.41. The Kier molecular flexibility index (Phi) is 4.96. The third kappa shape index (κ3) is 3.55. The van der Waals surface area contributed by atoms with E-state index in [1.165, 1.54) is 11.4 Å². The number of rotatable bonds is 5. The van der Waals surface area contributed by atoms with Crippen LogP contribution in [-0.2, 0) is 24.2 Å². The topological polar surface area (TPSA) is 56.3 Å². The number of hydrogen-bond acceptors (Lipinski definition) is 4. The Morgan fingerprint density at radius 2 is 2.32 bits per heavy atom. The van der Waals surface area contributed by atoms with E-state index in [0.29, 0.717) is 0 Å². The molecule has 1 aromatic rings. The van der Waals surface area contributed by atoms with Gasteiger partial charge in [0.2, 0.25) is 0 Å². The Balaban J connectivity index is 2.02. The fourth-order valence-electron chi connectivity index (χ4n) is 2.51. The van der Waals surface area contributed by atoms with Crippen LogP contribution in [0.15, 0.2) is 6.07 Å². The van der Waals surface area contributed by atoms with Crippen LogP contribution < -0.4 is 5.73 Å². The van der Waals surface area contributed by atoms with E-state index in [2.05, 4.69) is 34.6 Å². The van der Waals surface area contributed by atoms with Crippen LogP contribution in [-0.4, -0.2) is 46.5 Å². The first-order chi connectivity index (χ1) is 9.13. The molecule has 0 amide bonds. The van der Waals surface area contributed by atoms with E-state index in [9.17, 15) is 0 Å². The van der Waals surface area contributed by atoms with Crippen LogP contribution in [0.25, 0.3) is 0 Å². The summed E-state index contributed by atoms with van der Waals surface area (Å²) < 4.78 is 7.81. The van der Waals surface area contributed by atoms with E-state index in [1.807, 2.05) is 6.92 Å². The highest BCUT2D eigenvalue weighted by atomic mass is 16.5. The van der Waals surface area contributed by atoms with Gasteiger partial charge in [0.05, 0.1) is 24.1 Å². The molecule has 0 radical (unpaired) electrons. The number of morpholine rings is 1. The minimum atomic E-state index is 0.0880. The van der Waals surface area contributed by atoms with Gasteiger partial charge in [0, 0.05) is 32.2 Å². The first-order valence-corrected chi connectivity index (χ1v) is 7.29. The SMILES string of the molecule is CCc1cc(CN2CCOC(C(C)N)C2)n(CC)n1. The molecule has 0 aromatic carbocycles. The molecule has 0 spiro atoms. The van der Waals surface area contributed by atoms with Crippen LogP contribution in [0.5, 0.6) is 0 Å². The molecule has 2 N–H and O–H groups in total. The van der Waals surface area contributed by atoms with Gasteiger partial charge in [-0.15, -0.1) is 0 Å². The monoisotopic (exact) mass is 266 g/mol. The maximum atomic E-state index is 5.94. The predicted octanol–water partition coefficient (Wildman–Crippen LogP) is 1.01. The Hall–Kier alpha value is -0.910. The van der Waals surface area contributed by atoms with Gasteiger partial charge in [-0.3, -0.25) is 9.58 Å². The Morgan fingerprint density at radius 3 is 2.95 bits per heavy atom. The van der Waals surface area contributed by atoms with E-state index in [-0.39, 0.29) is 12.1 Å². The average Bonchev–Trinajstić information content (AvgIpc) is 2.81. The molecule has 1 saturated heterocycles. The molecule has 19 heavy (non-hydrogen) atoms. The molecule has 108 valence electrons. The molecule has 2 heterocycles. The van der Waals surface area contributed by atoms with Gasteiger partial charge in [0.1, 0.15) is 0 Å². The summed E-state index contributed by atoms with van der Waals surface area (Å²) >= 11 is 0. The lowest BCUT2D eigenvalue weighted by atomic mass is 10.1. The molecule has 0 saturated carbocycles. The van der Waals surface area contributed by atoms with Crippen LogP contribution in [0.3, 0.4) is 0 Å². The van der Waals surface area contributed by atoms with Crippen LogP contribution in [0.1, 0.15) is 32.2 Å². The van der Waals surface area contributed by atoms with Gasteiger partial charge in [-0.25, -0.2) is 0 Å². The third-order valence-electron chi connectivity index (χ3n) is 3.73. The van der Waals surface area contributed by atoms with Crippen molar-refractivity contribution in [2.75, 3.05) is 19.7 Å². The Morgan fingerprint density at radius 1 is 1.53 bits per heavy atom. The summed E-state index contributed by atoms with van der Waals surface area (Å²) in [7, 11) is 0. The van der Waals surface area contributed by atoms with Gasteiger partial charge in [-0.05, 0) is 26.3 Å². The van der Waals surface area contributed by atoms with Crippen LogP contribution in [0, 0.1) is 0 Å².